The van der Waals surface area contributed by atoms with Crippen LogP contribution in [0.5, 0.6) is 0 Å². The number of nitrogens with two attached hydrogens (primary N) is 1. The zero-order chi connectivity index (χ0) is 31.5. The monoisotopic (exact) mass is 633 g/mol. The maximum absolute atomic E-state index is 13.5. The predicted octanol–water partition coefficient (Wildman–Crippen LogP) is 3.66. The minimum Gasteiger partial charge on any atom is -0.445 e. The third-order valence-corrected chi connectivity index (χ3v) is 6.82. The van der Waals surface area contributed by atoms with Gasteiger partial charge in [0.25, 0.3) is 17.7 Å². The van der Waals surface area contributed by atoms with Gasteiger partial charge in [-0.05, 0) is 35.9 Å². The van der Waals surface area contributed by atoms with Crippen molar-refractivity contribution in [1.82, 2.24) is 28.6 Å². The lowest BCUT2D eigenvalue weighted by Gasteiger charge is -2.07. The van der Waals surface area contributed by atoms with Crippen molar-refractivity contribution in [3.05, 3.63) is 96.6 Å². The van der Waals surface area contributed by atoms with E-state index in [0.29, 0.717) is 22.6 Å². The highest BCUT2D eigenvalue weighted by Crippen LogP contribution is 2.22. The third-order valence-electron chi connectivity index (χ3n) is 6.82. The van der Waals surface area contributed by atoms with Crippen LogP contribution < -0.4 is 21.7 Å². The molecule has 5 aromatic rings. The van der Waals surface area contributed by atoms with E-state index in [4.69, 9.17) is 10.5 Å². The first-order valence-electron chi connectivity index (χ1n) is 13.4. The molecule has 5 N–H and O–H groups in total. The molecule has 3 amide bonds. The van der Waals surface area contributed by atoms with Crippen molar-refractivity contribution in [3.8, 4) is 0 Å². The van der Waals surface area contributed by atoms with Crippen LogP contribution in [-0.4, -0.2) is 53.7 Å². The quantitative estimate of drug-likeness (QED) is 0.179. The second-order valence-electron chi connectivity index (χ2n) is 10.1. The van der Waals surface area contributed by atoms with Gasteiger partial charge in [-0.15, -0.1) is 12.4 Å². The Balaban J connectivity index is 0.00000461. The summed E-state index contributed by atoms with van der Waals surface area (Å²) in [5.41, 5.74) is 8.64. The number of carbonyl (C=O) groups is 4. The van der Waals surface area contributed by atoms with E-state index in [2.05, 4.69) is 27.5 Å². The van der Waals surface area contributed by atoms with Crippen molar-refractivity contribution in [3.63, 3.8) is 0 Å². The molecule has 4 heterocycles. The normalized spacial score (nSPS) is 10.6. The Morgan fingerprint density at radius 1 is 0.911 bits per heavy atom. The van der Waals surface area contributed by atoms with Crippen LogP contribution in [-0.2, 0) is 32.4 Å². The molecule has 0 bridgehead atoms. The number of nitrogens with one attached hydrogen (secondary N) is 3. The molecule has 0 saturated carbocycles. The average Bonchev–Trinajstić information content (AvgIpc) is 3.75. The van der Waals surface area contributed by atoms with Gasteiger partial charge < -0.3 is 40.1 Å². The molecule has 15 heteroatoms. The average molecular weight is 634 g/mol. The van der Waals surface area contributed by atoms with Crippen molar-refractivity contribution in [2.45, 2.75) is 6.54 Å². The molecule has 45 heavy (non-hydrogen) atoms. The molecule has 0 unspecified atom stereocenters. The SMILES string of the molecule is C=CCOC(=O)NCc1ccc2c(ccn2C(=O)c2cc(NC(=O)c3cc(NC(=O)c4nc(N)cn4C)cn3C)cn2C)c1.Cl. The van der Waals surface area contributed by atoms with Crippen LogP contribution in [0.1, 0.15) is 37.2 Å². The van der Waals surface area contributed by atoms with E-state index in [9.17, 15) is 19.2 Å². The fourth-order valence-corrected chi connectivity index (χ4v) is 4.75. The number of halogens is 1. The van der Waals surface area contributed by atoms with Gasteiger partial charge in [-0.1, -0.05) is 18.7 Å². The van der Waals surface area contributed by atoms with E-state index in [1.807, 2.05) is 18.2 Å². The number of anilines is 3. The maximum Gasteiger partial charge on any atom is 0.407 e. The number of benzene rings is 1. The molecule has 0 aliphatic carbocycles. The molecule has 0 saturated heterocycles. The summed E-state index contributed by atoms with van der Waals surface area (Å²) in [6.07, 6.45) is 7.39. The lowest BCUT2D eigenvalue weighted by molar-refractivity contribution is 0.0954. The van der Waals surface area contributed by atoms with E-state index >= 15 is 0 Å². The van der Waals surface area contributed by atoms with E-state index < -0.39 is 17.9 Å². The zero-order valence-electron chi connectivity index (χ0n) is 24.7. The Morgan fingerprint density at radius 2 is 1.58 bits per heavy atom. The number of nitrogens with zero attached hydrogens (tertiary/aromatic N) is 5. The number of aromatic nitrogens is 5. The first kappa shape index (κ1) is 32.2. The Kier molecular flexibility index (Phi) is 9.48. The molecule has 234 valence electrons. The number of alkyl carbamates (subject to hydrolysis) is 1. The summed E-state index contributed by atoms with van der Waals surface area (Å²) in [5, 5.41) is 9.01. The molecule has 14 nitrogen and oxygen atoms in total. The Labute approximate surface area is 263 Å². The maximum atomic E-state index is 13.5. The number of fused-ring (bicyclic) bond motifs is 1. The molecule has 0 radical (unpaired) electrons. The van der Waals surface area contributed by atoms with Gasteiger partial charge in [-0.2, -0.15) is 0 Å². The number of hydrogen-bond donors (Lipinski definition) is 4. The highest BCUT2D eigenvalue weighted by Gasteiger charge is 2.20. The number of amides is 3. The van der Waals surface area contributed by atoms with E-state index in [1.165, 1.54) is 27.5 Å². The molecule has 0 atom stereocenters. The van der Waals surface area contributed by atoms with Crippen LogP contribution in [0.25, 0.3) is 10.9 Å². The smallest absolute Gasteiger partial charge is 0.407 e. The lowest BCUT2D eigenvalue weighted by atomic mass is 10.1. The van der Waals surface area contributed by atoms with Crippen LogP contribution >= 0.6 is 12.4 Å². The molecule has 0 fully saturated rings. The Morgan fingerprint density at radius 3 is 2.24 bits per heavy atom. The third kappa shape index (κ3) is 6.91. The van der Waals surface area contributed by atoms with Crippen molar-refractivity contribution < 1.29 is 23.9 Å². The minimum absolute atomic E-state index is 0. The summed E-state index contributed by atoms with van der Waals surface area (Å²) < 4.78 is 11.2. The molecule has 0 spiro atoms. The Bertz CT molecular complexity index is 1930. The van der Waals surface area contributed by atoms with Crippen LogP contribution in [0, 0.1) is 0 Å². The van der Waals surface area contributed by atoms with Crippen molar-refractivity contribution >= 4 is 64.3 Å². The standard InChI is InChI=1S/C30H31N9O5.ClH/c1-5-10-44-30(43)32-14-18-6-7-22-19(11-18)8-9-39(22)29(42)24-13-21(16-37(24)3)33-27(40)23-12-20(15-36(23)2)34-28(41)26-35-25(31)17-38(26)4;/h5-9,11-13,15-17H,1,10,14,31H2,2-4H3,(H,32,43)(H,33,40)(H,34,41);1H. The van der Waals surface area contributed by atoms with Crippen LogP contribution in [0.3, 0.4) is 0 Å². The summed E-state index contributed by atoms with van der Waals surface area (Å²) in [4.78, 5) is 54.9. The zero-order valence-corrected chi connectivity index (χ0v) is 25.6. The first-order chi connectivity index (χ1) is 21.0. The highest BCUT2D eigenvalue weighted by atomic mass is 35.5. The number of aryl methyl sites for hydroxylation is 3. The predicted molar refractivity (Wildman–Crippen MR) is 172 cm³/mol. The molecule has 4 aromatic heterocycles. The van der Waals surface area contributed by atoms with Gasteiger partial charge in [0, 0.05) is 57.9 Å². The number of rotatable bonds is 9. The summed E-state index contributed by atoms with van der Waals surface area (Å²) in [5.74, 6) is -0.838. The molecule has 5 rings (SSSR count). The van der Waals surface area contributed by atoms with Gasteiger partial charge in [0.1, 0.15) is 23.8 Å². The van der Waals surface area contributed by atoms with E-state index in [0.717, 1.165) is 10.9 Å². The van der Waals surface area contributed by atoms with Gasteiger partial charge in [-0.3, -0.25) is 19.0 Å². The fraction of sp³-hybridized carbons (Fsp3) is 0.167. The van der Waals surface area contributed by atoms with Crippen LogP contribution in [0.2, 0.25) is 0 Å². The van der Waals surface area contributed by atoms with Crippen LogP contribution in [0.4, 0.5) is 22.0 Å². The molecule has 0 aliphatic rings. The topological polar surface area (TPSA) is 172 Å². The van der Waals surface area contributed by atoms with Gasteiger partial charge >= 0.3 is 6.09 Å². The van der Waals surface area contributed by atoms with Crippen LogP contribution in [0.15, 0.2) is 73.8 Å². The minimum atomic E-state index is -0.546. The van der Waals surface area contributed by atoms with Gasteiger partial charge in [0.2, 0.25) is 5.82 Å². The first-order valence-corrected chi connectivity index (χ1v) is 13.4. The van der Waals surface area contributed by atoms with Gasteiger partial charge in [0.05, 0.1) is 16.9 Å². The lowest BCUT2D eigenvalue weighted by Crippen LogP contribution is -2.23. The second-order valence-corrected chi connectivity index (χ2v) is 10.1. The summed E-state index contributed by atoms with van der Waals surface area (Å²) in [6.45, 7) is 3.89. The number of hydrogen-bond acceptors (Lipinski definition) is 7. The number of ether oxygens (including phenoxy) is 1. The van der Waals surface area contributed by atoms with E-state index in [1.54, 1.807) is 61.0 Å². The number of imidazole rings is 1. The summed E-state index contributed by atoms with van der Waals surface area (Å²) in [7, 11) is 5.04. The van der Waals surface area contributed by atoms with Crippen molar-refractivity contribution in [2.24, 2.45) is 21.1 Å². The largest absolute Gasteiger partial charge is 0.445 e. The number of carbonyl (C=O) groups excluding carboxylic acids is 4. The second kappa shape index (κ2) is 13.3. The fourth-order valence-electron chi connectivity index (χ4n) is 4.75. The molecular formula is C30H32ClN9O5. The number of nitrogen functional groups attached to an aromatic ring is 1. The Hall–Kier alpha value is -5.76. The summed E-state index contributed by atoms with van der Waals surface area (Å²) >= 11 is 0. The van der Waals surface area contributed by atoms with Gasteiger partial charge in [-0.25, -0.2) is 9.78 Å². The highest BCUT2D eigenvalue weighted by molar-refractivity contribution is 6.07. The van der Waals surface area contributed by atoms with Crippen molar-refractivity contribution in [2.75, 3.05) is 23.0 Å². The van der Waals surface area contributed by atoms with Crippen molar-refractivity contribution in [1.29, 1.82) is 0 Å². The van der Waals surface area contributed by atoms with Gasteiger partial charge in [0.15, 0.2) is 0 Å². The molecule has 0 aliphatic heterocycles. The van der Waals surface area contributed by atoms with E-state index in [-0.39, 0.29) is 48.8 Å². The molecular weight excluding hydrogens is 602 g/mol. The summed E-state index contributed by atoms with van der Waals surface area (Å²) in [6, 6.07) is 10.4. The molecule has 1 aromatic carbocycles.